The van der Waals surface area contributed by atoms with Crippen LogP contribution in [0.3, 0.4) is 0 Å². The topological polar surface area (TPSA) is 58.1 Å². The van der Waals surface area contributed by atoms with E-state index in [9.17, 15) is 4.79 Å². The molecule has 3 rings (SSSR count). The summed E-state index contributed by atoms with van der Waals surface area (Å²) < 4.78 is 0. The SMILES string of the molecule is CC(C)NC(=O)c1ccc2ncnc(N3CCCC3)c2c1. The van der Waals surface area contributed by atoms with Crippen LogP contribution in [0.2, 0.25) is 0 Å². The summed E-state index contributed by atoms with van der Waals surface area (Å²) in [6.07, 6.45) is 3.99. The Morgan fingerprint density at radius 3 is 2.71 bits per heavy atom. The van der Waals surface area contributed by atoms with E-state index in [0.717, 1.165) is 29.8 Å². The summed E-state index contributed by atoms with van der Waals surface area (Å²) in [6, 6.07) is 5.74. The minimum absolute atomic E-state index is 0.0527. The van der Waals surface area contributed by atoms with Crippen molar-refractivity contribution in [2.24, 2.45) is 0 Å². The molecule has 1 aliphatic heterocycles. The second kappa shape index (κ2) is 5.68. The molecule has 1 aromatic heterocycles. The van der Waals surface area contributed by atoms with Crippen LogP contribution in [0.25, 0.3) is 10.9 Å². The van der Waals surface area contributed by atoms with Crippen molar-refractivity contribution in [2.45, 2.75) is 32.7 Å². The Labute approximate surface area is 124 Å². The Kier molecular flexibility index (Phi) is 3.73. The Hall–Kier alpha value is -2.17. The van der Waals surface area contributed by atoms with Crippen molar-refractivity contribution >= 4 is 22.6 Å². The van der Waals surface area contributed by atoms with Crippen LogP contribution in [0.5, 0.6) is 0 Å². The molecule has 110 valence electrons. The number of carbonyl (C=O) groups is 1. The third kappa shape index (κ3) is 2.82. The normalized spacial score (nSPS) is 14.9. The largest absolute Gasteiger partial charge is 0.356 e. The van der Waals surface area contributed by atoms with E-state index < -0.39 is 0 Å². The summed E-state index contributed by atoms with van der Waals surface area (Å²) in [5, 5.41) is 3.87. The van der Waals surface area contributed by atoms with E-state index >= 15 is 0 Å². The maximum atomic E-state index is 12.2. The maximum Gasteiger partial charge on any atom is 0.251 e. The smallest absolute Gasteiger partial charge is 0.251 e. The monoisotopic (exact) mass is 284 g/mol. The number of rotatable bonds is 3. The highest BCUT2D eigenvalue weighted by Crippen LogP contribution is 2.26. The molecule has 1 aromatic carbocycles. The number of amides is 1. The van der Waals surface area contributed by atoms with Gasteiger partial charge in [-0.15, -0.1) is 0 Å². The van der Waals surface area contributed by atoms with Crippen LogP contribution in [-0.4, -0.2) is 35.0 Å². The molecule has 0 unspecified atom stereocenters. The molecule has 0 spiro atoms. The molecule has 1 amide bonds. The highest BCUT2D eigenvalue weighted by molar-refractivity contribution is 6.00. The zero-order chi connectivity index (χ0) is 14.8. The Morgan fingerprint density at radius 1 is 1.24 bits per heavy atom. The first kappa shape index (κ1) is 13.8. The summed E-state index contributed by atoms with van der Waals surface area (Å²) in [7, 11) is 0. The van der Waals surface area contributed by atoms with E-state index in [0.29, 0.717) is 5.56 Å². The van der Waals surface area contributed by atoms with Crippen LogP contribution >= 0.6 is 0 Å². The van der Waals surface area contributed by atoms with E-state index in [4.69, 9.17) is 0 Å². The number of fused-ring (bicyclic) bond motifs is 1. The molecule has 0 bridgehead atoms. The number of aromatic nitrogens is 2. The summed E-state index contributed by atoms with van der Waals surface area (Å²) in [6.45, 7) is 5.96. The first-order valence-electron chi connectivity index (χ1n) is 7.46. The van der Waals surface area contributed by atoms with Gasteiger partial charge in [0, 0.05) is 30.1 Å². The predicted molar refractivity (Wildman–Crippen MR) is 83.6 cm³/mol. The van der Waals surface area contributed by atoms with Gasteiger partial charge in [-0.1, -0.05) is 0 Å². The third-order valence-corrected chi connectivity index (χ3v) is 3.70. The van der Waals surface area contributed by atoms with Crippen LogP contribution < -0.4 is 10.2 Å². The standard InChI is InChI=1S/C16H20N4O/c1-11(2)19-16(21)12-5-6-14-13(9-12)15(18-10-17-14)20-7-3-4-8-20/h5-6,9-11H,3-4,7-8H2,1-2H3,(H,19,21). The minimum Gasteiger partial charge on any atom is -0.356 e. The molecule has 2 aromatic rings. The second-order valence-corrected chi connectivity index (χ2v) is 5.75. The quantitative estimate of drug-likeness (QED) is 0.940. The number of hydrogen-bond donors (Lipinski definition) is 1. The van der Waals surface area contributed by atoms with E-state index in [1.54, 1.807) is 6.33 Å². The zero-order valence-corrected chi connectivity index (χ0v) is 12.5. The van der Waals surface area contributed by atoms with Gasteiger partial charge in [0.2, 0.25) is 0 Å². The summed E-state index contributed by atoms with van der Waals surface area (Å²) >= 11 is 0. The van der Waals surface area contributed by atoms with Gasteiger partial charge in [-0.2, -0.15) is 0 Å². The molecule has 1 saturated heterocycles. The molecule has 5 heteroatoms. The number of benzene rings is 1. The fraction of sp³-hybridized carbons (Fsp3) is 0.438. The number of carbonyl (C=O) groups excluding carboxylic acids is 1. The van der Waals surface area contributed by atoms with Crippen molar-refractivity contribution < 1.29 is 4.79 Å². The van der Waals surface area contributed by atoms with Crippen LogP contribution in [-0.2, 0) is 0 Å². The first-order chi connectivity index (χ1) is 10.1. The van der Waals surface area contributed by atoms with Crippen molar-refractivity contribution in [2.75, 3.05) is 18.0 Å². The summed E-state index contributed by atoms with van der Waals surface area (Å²) in [5.41, 5.74) is 1.54. The minimum atomic E-state index is -0.0527. The molecular weight excluding hydrogens is 264 g/mol. The van der Waals surface area contributed by atoms with Crippen molar-refractivity contribution in [3.05, 3.63) is 30.1 Å². The van der Waals surface area contributed by atoms with Crippen molar-refractivity contribution in [1.29, 1.82) is 0 Å². The summed E-state index contributed by atoms with van der Waals surface area (Å²) in [5.74, 6) is 0.889. The highest BCUT2D eigenvalue weighted by Gasteiger charge is 2.17. The summed E-state index contributed by atoms with van der Waals surface area (Å²) in [4.78, 5) is 23.2. The molecule has 1 aliphatic rings. The van der Waals surface area contributed by atoms with E-state index in [1.165, 1.54) is 12.8 Å². The molecular formula is C16H20N4O. The fourth-order valence-corrected chi connectivity index (χ4v) is 2.71. The maximum absolute atomic E-state index is 12.2. The van der Waals surface area contributed by atoms with Gasteiger partial charge in [-0.25, -0.2) is 9.97 Å². The lowest BCUT2D eigenvalue weighted by Crippen LogP contribution is -2.30. The molecule has 0 saturated carbocycles. The Morgan fingerprint density at radius 2 is 2.00 bits per heavy atom. The Balaban J connectivity index is 2.02. The van der Waals surface area contributed by atoms with E-state index in [-0.39, 0.29) is 11.9 Å². The van der Waals surface area contributed by atoms with E-state index in [1.807, 2.05) is 32.0 Å². The van der Waals surface area contributed by atoms with E-state index in [2.05, 4.69) is 20.2 Å². The number of hydrogen-bond acceptors (Lipinski definition) is 4. The molecule has 5 nitrogen and oxygen atoms in total. The molecule has 0 aliphatic carbocycles. The zero-order valence-electron chi connectivity index (χ0n) is 12.5. The van der Waals surface area contributed by atoms with Gasteiger partial charge < -0.3 is 10.2 Å². The third-order valence-electron chi connectivity index (χ3n) is 3.70. The van der Waals surface area contributed by atoms with Gasteiger partial charge in [-0.05, 0) is 44.9 Å². The van der Waals surface area contributed by atoms with Gasteiger partial charge in [0.1, 0.15) is 12.1 Å². The average Bonchev–Trinajstić information content (AvgIpc) is 2.99. The number of nitrogens with one attached hydrogen (secondary N) is 1. The fourth-order valence-electron chi connectivity index (χ4n) is 2.71. The van der Waals surface area contributed by atoms with Crippen LogP contribution in [0.15, 0.2) is 24.5 Å². The van der Waals surface area contributed by atoms with Crippen LogP contribution in [0.1, 0.15) is 37.0 Å². The van der Waals surface area contributed by atoms with Crippen LogP contribution in [0.4, 0.5) is 5.82 Å². The van der Waals surface area contributed by atoms with Crippen molar-refractivity contribution in [1.82, 2.24) is 15.3 Å². The highest BCUT2D eigenvalue weighted by atomic mass is 16.1. The molecule has 0 radical (unpaired) electrons. The molecule has 21 heavy (non-hydrogen) atoms. The molecule has 1 N–H and O–H groups in total. The lowest BCUT2D eigenvalue weighted by Gasteiger charge is -2.18. The molecule has 1 fully saturated rings. The lowest BCUT2D eigenvalue weighted by molar-refractivity contribution is 0.0943. The second-order valence-electron chi connectivity index (χ2n) is 5.75. The van der Waals surface area contributed by atoms with Crippen molar-refractivity contribution in [3.63, 3.8) is 0 Å². The van der Waals surface area contributed by atoms with Crippen LogP contribution in [0, 0.1) is 0 Å². The predicted octanol–water partition coefficient (Wildman–Crippen LogP) is 2.37. The van der Waals surface area contributed by atoms with Gasteiger partial charge in [0.05, 0.1) is 5.52 Å². The Bertz CT molecular complexity index is 662. The number of anilines is 1. The van der Waals surface area contributed by atoms with Gasteiger partial charge in [0.15, 0.2) is 0 Å². The lowest BCUT2D eigenvalue weighted by atomic mass is 10.1. The first-order valence-corrected chi connectivity index (χ1v) is 7.46. The van der Waals surface area contributed by atoms with Gasteiger partial charge >= 0.3 is 0 Å². The molecule has 2 heterocycles. The van der Waals surface area contributed by atoms with Gasteiger partial charge in [0.25, 0.3) is 5.91 Å². The van der Waals surface area contributed by atoms with Crippen molar-refractivity contribution in [3.8, 4) is 0 Å². The number of nitrogens with zero attached hydrogens (tertiary/aromatic N) is 3. The van der Waals surface area contributed by atoms with Gasteiger partial charge in [-0.3, -0.25) is 4.79 Å². The average molecular weight is 284 g/mol. The molecule has 0 atom stereocenters.